The lowest BCUT2D eigenvalue weighted by Gasteiger charge is -2.15. The highest BCUT2D eigenvalue weighted by molar-refractivity contribution is 6.34. The van der Waals surface area contributed by atoms with Crippen LogP contribution in [-0.4, -0.2) is 23.1 Å². The topological polar surface area (TPSA) is 84.1 Å². The lowest BCUT2D eigenvalue weighted by molar-refractivity contribution is -0.143. The van der Waals surface area contributed by atoms with E-state index in [-0.39, 0.29) is 10.6 Å². The average molecular weight is 468 g/mol. The van der Waals surface area contributed by atoms with Gasteiger partial charge < -0.3 is 14.6 Å². The molecule has 170 valence electrons. The van der Waals surface area contributed by atoms with Crippen LogP contribution in [0.5, 0.6) is 0 Å². The van der Waals surface area contributed by atoms with E-state index in [4.69, 9.17) is 16.3 Å². The van der Waals surface area contributed by atoms with Crippen LogP contribution in [0.1, 0.15) is 35.9 Å². The highest BCUT2D eigenvalue weighted by atomic mass is 35.5. The number of ether oxygens (including phenoxy) is 1. The summed E-state index contributed by atoms with van der Waals surface area (Å²) in [5.74, 6) is -2.10. The van der Waals surface area contributed by atoms with Gasteiger partial charge in [-0.1, -0.05) is 24.6 Å². The third kappa shape index (κ3) is 5.92. The number of alkyl halides is 3. The molecule has 1 aromatic carbocycles. The molecule has 0 radical (unpaired) electrons. The molecule has 10 heteroatoms. The van der Waals surface area contributed by atoms with Gasteiger partial charge in [0.05, 0.1) is 16.3 Å². The SMILES string of the molecule is CCCn1c(C)cc(/C=C(\C#N)C(=O)OCC(=O)Nc2c(Cl)cccc2C(F)(F)F)c1C. The Balaban J connectivity index is 2.12. The summed E-state index contributed by atoms with van der Waals surface area (Å²) in [4.78, 5) is 24.3. The van der Waals surface area contributed by atoms with Gasteiger partial charge in [-0.15, -0.1) is 0 Å². The van der Waals surface area contributed by atoms with Gasteiger partial charge in [-0.25, -0.2) is 4.79 Å². The molecule has 32 heavy (non-hydrogen) atoms. The number of benzene rings is 1. The molecule has 1 amide bonds. The molecule has 2 rings (SSSR count). The first-order chi connectivity index (χ1) is 15.0. The molecule has 0 aliphatic heterocycles. The monoisotopic (exact) mass is 467 g/mol. The first-order valence-electron chi connectivity index (χ1n) is 9.60. The number of hydrogen-bond acceptors (Lipinski definition) is 4. The minimum Gasteiger partial charge on any atom is -0.451 e. The molecule has 0 atom stereocenters. The number of aryl methyl sites for hydroxylation is 1. The third-order valence-electron chi connectivity index (χ3n) is 4.62. The number of nitrogens with zero attached hydrogens (tertiary/aromatic N) is 2. The number of carbonyl (C=O) groups is 2. The van der Waals surface area contributed by atoms with Crippen molar-refractivity contribution in [2.24, 2.45) is 0 Å². The first kappa shape index (κ1) is 25.0. The molecule has 0 fully saturated rings. The molecule has 1 N–H and O–H groups in total. The summed E-state index contributed by atoms with van der Waals surface area (Å²) in [6.07, 6.45) is -2.49. The van der Waals surface area contributed by atoms with Crippen LogP contribution in [0.25, 0.3) is 6.08 Å². The zero-order chi connectivity index (χ0) is 24.1. The average Bonchev–Trinajstić information content (AvgIpc) is 2.98. The second kappa shape index (κ2) is 10.4. The second-order valence-corrected chi connectivity index (χ2v) is 7.34. The van der Waals surface area contributed by atoms with E-state index in [1.807, 2.05) is 36.7 Å². The van der Waals surface area contributed by atoms with E-state index in [1.54, 1.807) is 6.07 Å². The molecule has 6 nitrogen and oxygen atoms in total. The fraction of sp³-hybridized carbons (Fsp3) is 0.318. The fourth-order valence-electron chi connectivity index (χ4n) is 3.11. The van der Waals surface area contributed by atoms with Crippen molar-refractivity contribution >= 4 is 35.2 Å². The van der Waals surface area contributed by atoms with Gasteiger partial charge in [-0.3, -0.25) is 4.79 Å². The van der Waals surface area contributed by atoms with E-state index in [0.717, 1.165) is 36.5 Å². The molecular weight excluding hydrogens is 447 g/mol. The molecule has 0 spiro atoms. The van der Waals surface area contributed by atoms with Crippen LogP contribution < -0.4 is 5.32 Å². The van der Waals surface area contributed by atoms with Gasteiger partial charge in [0.15, 0.2) is 6.61 Å². The number of esters is 1. The molecule has 0 aliphatic carbocycles. The number of nitriles is 1. The highest BCUT2D eigenvalue weighted by Gasteiger charge is 2.34. The Morgan fingerprint density at radius 3 is 2.59 bits per heavy atom. The number of anilines is 1. The smallest absolute Gasteiger partial charge is 0.418 e. The Morgan fingerprint density at radius 1 is 1.31 bits per heavy atom. The molecule has 0 unspecified atom stereocenters. The van der Waals surface area contributed by atoms with E-state index in [0.29, 0.717) is 5.56 Å². The summed E-state index contributed by atoms with van der Waals surface area (Å²) >= 11 is 5.78. The number of aromatic nitrogens is 1. The van der Waals surface area contributed by atoms with Gasteiger partial charge in [0, 0.05) is 17.9 Å². The van der Waals surface area contributed by atoms with Crippen LogP contribution in [-0.2, 0) is 27.0 Å². The number of nitrogens with one attached hydrogen (secondary N) is 1. The Bertz CT molecular complexity index is 1100. The van der Waals surface area contributed by atoms with Gasteiger partial charge in [0.25, 0.3) is 5.91 Å². The molecule has 0 bridgehead atoms. The van der Waals surface area contributed by atoms with E-state index in [2.05, 4.69) is 0 Å². The zero-order valence-electron chi connectivity index (χ0n) is 17.6. The summed E-state index contributed by atoms with van der Waals surface area (Å²) in [5, 5.41) is 11.0. The minimum absolute atomic E-state index is 0.320. The Morgan fingerprint density at radius 2 is 2.00 bits per heavy atom. The van der Waals surface area contributed by atoms with Crippen molar-refractivity contribution in [2.75, 3.05) is 11.9 Å². The first-order valence-corrected chi connectivity index (χ1v) is 9.98. The Kier molecular flexibility index (Phi) is 8.11. The van der Waals surface area contributed by atoms with Gasteiger partial charge >= 0.3 is 12.1 Å². The van der Waals surface area contributed by atoms with Crippen molar-refractivity contribution < 1.29 is 27.5 Å². The van der Waals surface area contributed by atoms with Crippen molar-refractivity contribution in [1.29, 1.82) is 5.26 Å². The summed E-state index contributed by atoms with van der Waals surface area (Å²) in [5.41, 5.74) is 0.358. The van der Waals surface area contributed by atoms with Crippen LogP contribution in [0.2, 0.25) is 5.02 Å². The molecule has 2 aromatic rings. The number of carbonyl (C=O) groups excluding carboxylic acids is 2. The number of rotatable bonds is 7. The van der Waals surface area contributed by atoms with Gasteiger partial charge in [-0.2, -0.15) is 18.4 Å². The molecular formula is C22H21ClF3N3O3. The van der Waals surface area contributed by atoms with Crippen LogP contribution in [0, 0.1) is 25.2 Å². The predicted octanol–water partition coefficient (Wildman–Crippen LogP) is 5.28. The van der Waals surface area contributed by atoms with E-state index in [9.17, 15) is 28.0 Å². The number of hydrogen-bond donors (Lipinski definition) is 1. The normalized spacial score (nSPS) is 11.8. The van der Waals surface area contributed by atoms with Crippen molar-refractivity contribution in [3.05, 3.63) is 57.4 Å². The lowest BCUT2D eigenvalue weighted by atomic mass is 10.1. The van der Waals surface area contributed by atoms with Crippen LogP contribution in [0.15, 0.2) is 29.8 Å². The summed E-state index contributed by atoms with van der Waals surface area (Å²) in [6, 6.07) is 6.59. The van der Waals surface area contributed by atoms with Crippen molar-refractivity contribution in [1.82, 2.24) is 4.57 Å². The van der Waals surface area contributed by atoms with Crippen molar-refractivity contribution in [2.45, 2.75) is 39.9 Å². The summed E-state index contributed by atoms with van der Waals surface area (Å²) in [7, 11) is 0. The number of amides is 1. The third-order valence-corrected chi connectivity index (χ3v) is 4.93. The van der Waals surface area contributed by atoms with Crippen LogP contribution >= 0.6 is 11.6 Å². The summed E-state index contributed by atoms with van der Waals surface area (Å²) < 4.78 is 46.2. The largest absolute Gasteiger partial charge is 0.451 e. The lowest BCUT2D eigenvalue weighted by Crippen LogP contribution is -2.23. The molecule has 0 aliphatic rings. The van der Waals surface area contributed by atoms with Gasteiger partial charge in [0.2, 0.25) is 0 Å². The fourth-order valence-corrected chi connectivity index (χ4v) is 3.33. The predicted molar refractivity (Wildman–Crippen MR) is 114 cm³/mol. The molecule has 0 saturated heterocycles. The van der Waals surface area contributed by atoms with Crippen LogP contribution in [0.3, 0.4) is 0 Å². The molecule has 0 saturated carbocycles. The van der Waals surface area contributed by atoms with E-state index in [1.165, 1.54) is 12.1 Å². The minimum atomic E-state index is -4.74. The van der Waals surface area contributed by atoms with Crippen molar-refractivity contribution in [3.63, 3.8) is 0 Å². The standard InChI is InChI=1S/C22H21ClF3N3O3/c1-4-8-29-13(2)9-15(14(29)3)10-16(11-27)21(31)32-12-19(30)28-20-17(22(24,25)26)6-5-7-18(20)23/h5-7,9-10H,4,8,12H2,1-3H3,(H,28,30)/b16-10+. The van der Waals surface area contributed by atoms with Gasteiger partial charge in [0.1, 0.15) is 11.6 Å². The van der Waals surface area contributed by atoms with E-state index < -0.39 is 35.9 Å². The Labute approximate surface area is 188 Å². The maximum absolute atomic E-state index is 13.1. The quantitative estimate of drug-likeness (QED) is 0.341. The molecule has 1 aromatic heterocycles. The zero-order valence-corrected chi connectivity index (χ0v) is 18.4. The van der Waals surface area contributed by atoms with Crippen LogP contribution in [0.4, 0.5) is 18.9 Å². The van der Waals surface area contributed by atoms with Gasteiger partial charge in [-0.05, 0) is 50.1 Å². The maximum atomic E-state index is 13.1. The number of halogens is 4. The van der Waals surface area contributed by atoms with E-state index >= 15 is 0 Å². The Hall–Kier alpha value is -3.25. The maximum Gasteiger partial charge on any atom is 0.418 e. The second-order valence-electron chi connectivity index (χ2n) is 6.93. The molecule has 1 heterocycles. The summed E-state index contributed by atoms with van der Waals surface area (Å²) in [6.45, 7) is 5.66. The van der Waals surface area contributed by atoms with Crippen molar-refractivity contribution in [3.8, 4) is 6.07 Å². The number of para-hydroxylation sites is 1. The highest BCUT2D eigenvalue weighted by Crippen LogP contribution is 2.38.